The Labute approximate surface area is 417 Å². The molecule has 0 aromatic carbocycles. The van der Waals surface area contributed by atoms with Crippen LogP contribution in [0.5, 0.6) is 0 Å². The van der Waals surface area contributed by atoms with Gasteiger partial charge in [0.1, 0.15) is 12.3 Å². The third-order valence-corrected chi connectivity index (χ3v) is 12.5. The molecule has 1 fully saturated rings. The SMILES string of the molecule is CC.CC(C)C.CCCC=O.CCCCCCCCCCCOC(=O)CCCCCN1CC(OC)CC1C(=O)OCCCCCCC(=O)N(C)C(CCCCCCCC)CCCCCCCC. The molecule has 1 rings (SSSR count). The number of amides is 1. The first-order valence-electron chi connectivity index (χ1n) is 28.8. The monoisotopic (exact) mass is 953 g/mol. The van der Waals surface area contributed by atoms with Crippen LogP contribution in [0.3, 0.4) is 0 Å². The normalized spacial score (nSPS) is 14.4. The van der Waals surface area contributed by atoms with Crippen LogP contribution in [0.4, 0.5) is 0 Å². The van der Waals surface area contributed by atoms with Crippen LogP contribution in [0.25, 0.3) is 0 Å². The van der Waals surface area contributed by atoms with Gasteiger partial charge in [-0.1, -0.05) is 210 Å². The maximum Gasteiger partial charge on any atom is 0.323 e. The van der Waals surface area contributed by atoms with E-state index in [4.69, 9.17) is 14.2 Å². The lowest BCUT2D eigenvalue weighted by Gasteiger charge is -2.29. The van der Waals surface area contributed by atoms with Gasteiger partial charge in [-0.05, 0) is 63.8 Å². The lowest BCUT2D eigenvalue weighted by atomic mass is 9.98. The van der Waals surface area contributed by atoms with Gasteiger partial charge in [0, 0.05) is 52.4 Å². The summed E-state index contributed by atoms with van der Waals surface area (Å²) < 4.78 is 16.8. The number of rotatable bonds is 42. The third-order valence-electron chi connectivity index (χ3n) is 12.5. The minimum atomic E-state index is -0.268. The van der Waals surface area contributed by atoms with Crippen LogP contribution in [-0.4, -0.2) is 92.6 Å². The van der Waals surface area contributed by atoms with Gasteiger partial charge in [0.25, 0.3) is 0 Å². The predicted molar refractivity (Wildman–Crippen MR) is 287 cm³/mol. The highest BCUT2D eigenvalue weighted by Gasteiger charge is 2.37. The van der Waals surface area contributed by atoms with Crippen molar-refractivity contribution in [1.82, 2.24) is 9.80 Å². The zero-order valence-corrected chi connectivity index (χ0v) is 46.7. The van der Waals surface area contributed by atoms with Gasteiger partial charge in [0.2, 0.25) is 5.91 Å². The number of ether oxygens (including phenoxy) is 3. The van der Waals surface area contributed by atoms with Gasteiger partial charge in [0.05, 0.1) is 19.3 Å². The van der Waals surface area contributed by atoms with Gasteiger partial charge < -0.3 is 23.9 Å². The Balaban J connectivity index is -0.00000334. The maximum absolute atomic E-state index is 13.2. The molecule has 2 unspecified atom stereocenters. The minimum absolute atomic E-state index is 0.0374. The Kier molecular flexibility index (Phi) is 56.8. The van der Waals surface area contributed by atoms with E-state index >= 15 is 0 Å². The summed E-state index contributed by atoms with van der Waals surface area (Å²) in [7, 11) is 3.75. The van der Waals surface area contributed by atoms with Crippen molar-refractivity contribution >= 4 is 24.1 Å². The summed E-state index contributed by atoms with van der Waals surface area (Å²) in [6, 6.07) is 0.102. The number of hydrogen-bond acceptors (Lipinski definition) is 8. The van der Waals surface area contributed by atoms with E-state index in [-0.39, 0.29) is 30.0 Å². The van der Waals surface area contributed by atoms with Crippen molar-refractivity contribution in [3.63, 3.8) is 0 Å². The molecule has 1 heterocycles. The highest BCUT2D eigenvalue weighted by atomic mass is 16.5. The summed E-state index contributed by atoms with van der Waals surface area (Å²) >= 11 is 0. The quantitative estimate of drug-likeness (QED) is 0.0339. The van der Waals surface area contributed by atoms with Crippen molar-refractivity contribution in [3.05, 3.63) is 0 Å². The molecule has 9 heteroatoms. The Bertz CT molecular complexity index is 1040. The van der Waals surface area contributed by atoms with E-state index in [1.165, 1.54) is 122 Å². The lowest BCUT2D eigenvalue weighted by molar-refractivity contribution is -0.149. The first-order chi connectivity index (χ1) is 32.5. The average molecular weight is 954 g/mol. The number of carbonyl (C=O) groups excluding carboxylic acids is 4. The van der Waals surface area contributed by atoms with Crippen molar-refractivity contribution in [1.29, 1.82) is 0 Å². The van der Waals surface area contributed by atoms with Crippen LogP contribution >= 0.6 is 0 Å². The Morgan fingerprint density at radius 1 is 0.582 bits per heavy atom. The smallest absolute Gasteiger partial charge is 0.323 e. The summed E-state index contributed by atoms with van der Waals surface area (Å²) in [5.41, 5.74) is 0. The second kappa shape index (κ2) is 54.9. The molecule has 2 atom stereocenters. The van der Waals surface area contributed by atoms with Gasteiger partial charge in [0.15, 0.2) is 0 Å². The molecule has 9 nitrogen and oxygen atoms in total. The summed E-state index contributed by atoms with van der Waals surface area (Å²) in [5.74, 6) is 0.886. The number of nitrogens with zero attached hydrogens (tertiary/aromatic N) is 2. The fourth-order valence-corrected chi connectivity index (χ4v) is 8.31. The molecule has 0 radical (unpaired) electrons. The number of hydrogen-bond donors (Lipinski definition) is 0. The summed E-state index contributed by atoms with van der Waals surface area (Å²) in [6.45, 7) is 21.8. The van der Waals surface area contributed by atoms with Crippen molar-refractivity contribution in [2.45, 2.75) is 305 Å². The zero-order valence-electron chi connectivity index (χ0n) is 46.7. The zero-order chi connectivity index (χ0) is 50.6. The number of esters is 2. The molecule has 400 valence electrons. The van der Waals surface area contributed by atoms with E-state index in [1.54, 1.807) is 7.11 Å². The third kappa shape index (κ3) is 47.5. The topological polar surface area (TPSA) is 102 Å². The van der Waals surface area contributed by atoms with Gasteiger partial charge >= 0.3 is 11.9 Å². The molecular formula is C58H116N2O7. The van der Waals surface area contributed by atoms with Gasteiger partial charge in [-0.3, -0.25) is 19.3 Å². The highest BCUT2D eigenvalue weighted by molar-refractivity contribution is 5.76. The van der Waals surface area contributed by atoms with Gasteiger partial charge in [-0.15, -0.1) is 0 Å². The maximum atomic E-state index is 13.2. The van der Waals surface area contributed by atoms with Crippen LogP contribution in [-0.2, 0) is 33.4 Å². The fraction of sp³-hybridized carbons (Fsp3) is 0.931. The number of methoxy groups -OCH3 is 1. The molecular weight excluding hydrogens is 837 g/mol. The minimum Gasteiger partial charge on any atom is -0.466 e. The van der Waals surface area contributed by atoms with Crippen molar-refractivity contribution in [2.24, 2.45) is 5.92 Å². The molecule has 0 saturated carbocycles. The van der Waals surface area contributed by atoms with E-state index in [2.05, 4.69) is 51.3 Å². The highest BCUT2D eigenvalue weighted by Crippen LogP contribution is 2.23. The number of unbranched alkanes of at least 4 members (excludes halogenated alkanes) is 24. The molecule has 67 heavy (non-hydrogen) atoms. The van der Waals surface area contributed by atoms with Crippen LogP contribution in [0, 0.1) is 5.92 Å². The number of likely N-dealkylation sites (tertiary alicyclic amines) is 1. The molecule has 0 bridgehead atoms. The average Bonchev–Trinajstić information content (AvgIpc) is 3.74. The molecule has 0 spiro atoms. The summed E-state index contributed by atoms with van der Waals surface area (Å²) in [6.07, 6.45) is 39.8. The van der Waals surface area contributed by atoms with E-state index in [1.807, 2.05) is 27.8 Å². The van der Waals surface area contributed by atoms with E-state index < -0.39 is 0 Å². The van der Waals surface area contributed by atoms with Crippen LogP contribution in [0.1, 0.15) is 287 Å². The Morgan fingerprint density at radius 2 is 1.00 bits per heavy atom. The molecule has 0 aromatic rings. The fourth-order valence-electron chi connectivity index (χ4n) is 8.31. The number of aldehydes is 1. The van der Waals surface area contributed by atoms with Gasteiger partial charge in [-0.25, -0.2) is 0 Å². The second-order valence-electron chi connectivity index (χ2n) is 19.8. The first-order valence-corrected chi connectivity index (χ1v) is 28.8. The van der Waals surface area contributed by atoms with Gasteiger partial charge in [-0.2, -0.15) is 0 Å². The van der Waals surface area contributed by atoms with E-state index in [0.717, 1.165) is 102 Å². The molecule has 0 N–H and O–H groups in total. The second-order valence-corrected chi connectivity index (χ2v) is 19.8. The number of carbonyl (C=O) groups is 4. The van der Waals surface area contributed by atoms with Crippen molar-refractivity contribution in [2.75, 3.05) is 40.5 Å². The first kappa shape index (κ1) is 69.3. The molecule has 0 aliphatic carbocycles. The van der Waals surface area contributed by atoms with Crippen molar-refractivity contribution < 1.29 is 33.4 Å². The predicted octanol–water partition coefficient (Wildman–Crippen LogP) is 16.2. The molecule has 1 saturated heterocycles. The lowest BCUT2D eigenvalue weighted by Crippen LogP contribution is -2.38. The van der Waals surface area contributed by atoms with E-state index in [0.29, 0.717) is 44.9 Å². The van der Waals surface area contributed by atoms with E-state index in [9.17, 15) is 19.2 Å². The Hall–Kier alpha value is -2.00. The molecule has 1 aliphatic heterocycles. The summed E-state index contributed by atoms with van der Waals surface area (Å²) in [5, 5.41) is 0. The van der Waals surface area contributed by atoms with Crippen LogP contribution < -0.4 is 0 Å². The molecule has 1 aliphatic rings. The van der Waals surface area contributed by atoms with Crippen LogP contribution in [0.15, 0.2) is 0 Å². The Morgan fingerprint density at radius 3 is 1.45 bits per heavy atom. The van der Waals surface area contributed by atoms with Crippen LogP contribution in [0.2, 0.25) is 0 Å². The molecule has 1 amide bonds. The summed E-state index contributed by atoms with van der Waals surface area (Å²) in [4.78, 5) is 52.2. The largest absolute Gasteiger partial charge is 0.466 e. The molecule has 0 aromatic heterocycles. The standard InChI is InChI=1S/C48H92N2O6.C4H8O.C4H10.C2H6/c1-6-9-12-15-18-19-20-24-32-39-55-47(52)37-30-26-31-38-50-42-44(54-5)41-45(50)48(53)56-40-33-25-23-29-36-46(51)49(4)43(34-27-21-16-13-10-7-2)35-28-22-17-14-11-8-3;1-2-3-4-5;1-4(2)3;1-2/h43-45H,6-42H2,1-5H3;4H,2-3H2,1H3;4H,1-3H3;1-2H3. The van der Waals surface area contributed by atoms with Crippen molar-refractivity contribution in [3.8, 4) is 0 Å².